The summed E-state index contributed by atoms with van der Waals surface area (Å²) in [7, 11) is 1.58. The monoisotopic (exact) mass is 385 g/mol. The van der Waals surface area contributed by atoms with Crippen LogP contribution < -0.4 is 5.32 Å². The fraction of sp³-hybridized carbons (Fsp3) is 0.500. The van der Waals surface area contributed by atoms with E-state index in [1.165, 1.54) is 0 Å². The van der Waals surface area contributed by atoms with E-state index in [0.717, 1.165) is 30.5 Å². The predicted octanol–water partition coefficient (Wildman–Crippen LogP) is 1.37. The van der Waals surface area contributed by atoms with Gasteiger partial charge in [0.15, 0.2) is 5.69 Å². The zero-order chi connectivity index (χ0) is 19.9. The van der Waals surface area contributed by atoms with Crippen molar-refractivity contribution in [1.82, 2.24) is 25.2 Å². The minimum Gasteiger partial charge on any atom is -0.383 e. The van der Waals surface area contributed by atoms with Crippen LogP contribution in [-0.4, -0.2) is 65.1 Å². The van der Waals surface area contributed by atoms with Gasteiger partial charge in [0, 0.05) is 26.7 Å². The lowest BCUT2D eigenvalue weighted by molar-refractivity contribution is -0.132. The molecule has 3 rings (SSSR count). The van der Waals surface area contributed by atoms with Gasteiger partial charge in [0.1, 0.15) is 0 Å². The highest BCUT2D eigenvalue weighted by Crippen LogP contribution is 2.21. The molecule has 2 aromatic rings. The lowest BCUT2D eigenvalue weighted by Crippen LogP contribution is -2.41. The van der Waals surface area contributed by atoms with Crippen molar-refractivity contribution in [3.63, 3.8) is 0 Å². The van der Waals surface area contributed by atoms with Gasteiger partial charge in [-0.2, -0.15) is 0 Å². The molecule has 0 bridgehead atoms. The van der Waals surface area contributed by atoms with Gasteiger partial charge in [-0.25, -0.2) is 4.68 Å². The Kier molecular flexibility index (Phi) is 6.76. The number of piperidine rings is 1. The number of hydrogen-bond donors (Lipinski definition) is 1. The predicted molar refractivity (Wildman–Crippen MR) is 104 cm³/mol. The van der Waals surface area contributed by atoms with Gasteiger partial charge in [-0.15, -0.1) is 5.10 Å². The minimum atomic E-state index is -0.272. The van der Waals surface area contributed by atoms with Crippen molar-refractivity contribution in [2.24, 2.45) is 0 Å². The highest BCUT2D eigenvalue weighted by atomic mass is 16.5. The molecule has 0 spiro atoms. The van der Waals surface area contributed by atoms with E-state index in [4.69, 9.17) is 4.74 Å². The molecule has 8 nitrogen and oxygen atoms in total. The molecule has 28 heavy (non-hydrogen) atoms. The number of amides is 2. The maximum Gasteiger partial charge on any atom is 0.273 e. The molecule has 8 heteroatoms. The zero-order valence-electron chi connectivity index (χ0n) is 16.4. The summed E-state index contributed by atoms with van der Waals surface area (Å²) in [6.07, 6.45) is 3.86. The molecule has 150 valence electrons. The molecule has 1 N–H and O–H groups in total. The topological polar surface area (TPSA) is 89.4 Å². The van der Waals surface area contributed by atoms with E-state index in [1.807, 2.05) is 36.1 Å². The summed E-state index contributed by atoms with van der Waals surface area (Å²) >= 11 is 0. The van der Waals surface area contributed by atoms with E-state index in [9.17, 15) is 9.59 Å². The SMILES string of the molecule is COCCNC(=O)c1cn(C2CCCN(C(=O)Cc3cccc(C)c3)C2)nn1. The number of hydrogen-bond acceptors (Lipinski definition) is 5. The average molecular weight is 385 g/mol. The first-order valence-corrected chi connectivity index (χ1v) is 9.59. The molecular weight excluding hydrogens is 358 g/mol. The number of nitrogens with one attached hydrogen (secondary N) is 1. The van der Waals surface area contributed by atoms with E-state index in [0.29, 0.717) is 26.1 Å². The van der Waals surface area contributed by atoms with Crippen molar-refractivity contribution in [2.75, 3.05) is 33.4 Å². The first kappa shape index (κ1) is 20.0. The van der Waals surface area contributed by atoms with Gasteiger partial charge in [-0.3, -0.25) is 9.59 Å². The molecule has 1 saturated heterocycles. The molecule has 1 aliphatic rings. The zero-order valence-corrected chi connectivity index (χ0v) is 16.4. The number of methoxy groups -OCH3 is 1. The van der Waals surface area contributed by atoms with Crippen molar-refractivity contribution < 1.29 is 14.3 Å². The maximum absolute atomic E-state index is 12.7. The first-order valence-electron chi connectivity index (χ1n) is 9.59. The Bertz CT molecular complexity index is 820. The Morgan fingerprint density at radius 2 is 2.21 bits per heavy atom. The molecule has 1 unspecified atom stereocenters. The standard InChI is InChI=1S/C20H27N5O3/c1-15-5-3-6-16(11-15)12-19(26)24-9-4-7-17(13-24)25-14-18(22-23-25)20(27)21-8-10-28-2/h3,5-6,11,14,17H,4,7-10,12-13H2,1-2H3,(H,21,27). The Morgan fingerprint density at radius 3 is 3.00 bits per heavy atom. The summed E-state index contributed by atoms with van der Waals surface area (Å²) in [6.45, 7) is 4.23. The molecule has 0 saturated carbocycles. The third kappa shape index (κ3) is 5.16. The smallest absolute Gasteiger partial charge is 0.273 e. The number of nitrogens with zero attached hydrogens (tertiary/aromatic N) is 4. The van der Waals surface area contributed by atoms with Gasteiger partial charge in [0.2, 0.25) is 5.91 Å². The Morgan fingerprint density at radius 1 is 1.36 bits per heavy atom. The summed E-state index contributed by atoms with van der Waals surface area (Å²) in [4.78, 5) is 26.7. The average Bonchev–Trinajstić information content (AvgIpc) is 3.19. The lowest BCUT2D eigenvalue weighted by atomic mass is 10.0. The molecule has 2 amide bonds. The van der Waals surface area contributed by atoms with Gasteiger partial charge in [0.05, 0.1) is 25.3 Å². The number of carbonyl (C=O) groups excluding carboxylic acids is 2. The molecule has 0 radical (unpaired) electrons. The van der Waals surface area contributed by atoms with E-state index in [1.54, 1.807) is 18.0 Å². The third-order valence-corrected chi connectivity index (χ3v) is 4.90. The fourth-order valence-corrected chi connectivity index (χ4v) is 3.42. The van der Waals surface area contributed by atoms with Crippen LogP contribution >= 0.6 is 0 Å². The largest absolute Gasteiger partial charge is 0.383 e. The quantitative estimate of drug-likeness (QED) is 0.727. The first-order chi connectivity index (χ1) is 13.6. The van der Waals surface area contributed by atoms with Gasteiger partial charge in [0.25, 0.3) is 5.91 Å². The molecule has 1 fully saturated rings. The Labute approximate surface area is 164 Å². The summed E-state index contributed by atoms with van der Waals surface area (Å²) in [6, 6.07) is 8.07. The normalized spacial score (nSPS) is 16.8. The van der Waals surface area contributed by atoms with Crippen LogP contribution in [0, 0.1) is 6.92 Å². The minimum absolute atomic E-state index is 0.0308. The van der Waals surface area contributed by atoms with Crippen molar-refractivity contribution in [1.29, 1.82) is 0 Å². The molecule has 2 heterocycles. The Balaban J connectivity index is 1.58. The maximum atomic E-state index is 12.7. The van der Waals surface area contributed by atoms with Crippen molar-refractivity contribution in [3.05, 3.63) is 47.3 Å². The number of benzene rings is 1. The van der Waals surface area contributed by atoms with Crippen LogP contribution in [0.15, 0.2) is 30.5 Å². The van der Waals surface area contributed by atoms with Gasteiger partial charge >= 0.3 is 0 Å². The summed E-state index contributed by atoms with van der Waals surface area (Å²) < 4.78 is 6.62. The Hall–Kier alpha value is -2.74. The van der Waals surface area contributed by atoms with Crippen molar-refractivity contribution >= 4 is 11.8 Å². The van der Waals surface area contributed by atoms with E-state index in [2.05, 4.69) is 15.6 Å². The van der Waals surface area contributed by atoms with E-state index < -0.39 is 0 Å². The number of likely N-dealkylation sites (tertiary alicyclic amines) is 1. The molecule has 1 aromatic heterocycles. The number of rotatable bonds is 7. The van der Waals surface area contributed by atoms with Crippen LogP contribution in [-0.2, 0) is 16.0 Å². The van der Waals surface area contributed by atoms with Gasteiger partial charge in [-0.05, 0) is 25.3 Å². The number of ether oxygens (including phenoxy) is 1. The second-order valence-corrected chi connectivity index (χ2v) is 7.13. The van der Waals surface area contributed by atoms with Crippen LogP contribution in [0.5, 0.6) is 0 Å². The van der Waals surface area contributed by atoms with Crippen LogP contribution in [0.4, 0.5) is 0 Å². The number of aromatic nitrogens is 3. The highest BCUT2D eigenvalue weighted by Gasteiger charge is 2.26. The fourth-order valence-electron chi connectivity index (χ4n) is 3.42. The van der Waals surface area contributed by atoms with Crippen LogP contribution in [0.3, 0.4) is 0 Å². The number of aryl methyl sites for hydroxylation is 1. The molecule has 1 aliphatic heterocycles. The summed E-state index contributed by atoms with van der Waals surface area (Å²) in [5.74, 6) is -0.153. The number of carbonyl (C=O) groups is 2. The molecule has 1 aromatic carbocycles. The molecule has 0 aliphatic carbocycles. The lowest BCUT2D eigenvalue weighted by Gasteiger charge is -2.32. The van der Waals surface area contributed by atoms with Crippen LogP contribution in [0.25, 0.3) is 0 Å². The van der Waals surface area contributed by atoms with Crippen LogP contribution in [0.1, 0.15) is 40.5 Å². The molecular formula is C20H27N5O3. The summed E-state index contributed by atoms with van der Waals surface area (Å²) in [5, 5.41) is 10.8. The van der Waals surface area contributed by atoms with Gasteiger partial charge in [-0.1, -0.05) is 35.0 Å². The van der Waals surface area contributed by atoms with E-state index in [-0.39, 0.29) is 23.6 Å². The summed E-state index contributed by atoms with van der Waals surface area (Å²) in [5.41, 5.74) is 2.46. The highest BCUT2D eigenvalue weighted by molar-refractivity contribution is 5.91. The molecule has 1 atom stereocenters. The third-order valence-electron chi connectivity index (χ3n) is 4.90. The van der Waals surface area contributed by atoms with Crippen molar-refractivity contribution in [2.45, 2.75) is 32.2 Å². The second-order valence-electron chi connectivity index (χ2n) is 7.13. The van der Waals surface area contributed by atoms with Gasteiger partial charge < -0.3 is 15.0 Å². The van der Waals surface area contributed by atoms with Crippen LogP contribution in [0.2, 0.25) is 0 Å². The van der Waals surface area contributed by atoms with Crippen molar-refractivity contribution in [3.8, 4) is 0 Å². The second kappa shape index (κ2) is 9.45. The van der Waals surface area contributed by atoms with E-state index >= 15 is 0 Å².